The molecular weight excluding hydrogens is 280 g/mol. The van der Waals surface area contributed by atoms with E-state index in [1.54, 1.807) is 30.6 Å². The van der Waals surface area contributed by atoms with Crippen LogP contribution in [-0.4, -0.2) is 19.9 Å². The van der Waals surface area contributed by atoms with E-state index in [0.717, 1.165) is 9.75 Å². The molecule has 0 amide bonds. The molecule has 2 aromatic rings. The fourth-order valence-corrected chi connectivity index (χ4v) is 4.98. The Bertz CT molecular complexity index is 663. The molecule has 0 atom stereocenters. The van der Waals surface area contributed by atoms with Crippen molar-refractivity contribution in [2.45, 2.75) is 25.7 Å². The van der Waals surface area contributed by atoms with Gasteiger partial charge in [0.15, 0.2) is 0 Å². The zero-order valence-electron chi connectivity index (χ0n) is 11.1. The molecule has 4 nitrogen and oxygen atoms in total. The Hall–Kier alpha value is -1.40. The number of anilines is 1. The SMILES string of the molecule is CCN(c1ccncc1)S(=O)(=O)c1cc(C)sc1C. The Morgan fingerprint density at radius 1 is 1.26 bits per heavy atom. The van der Waals surface area contributed by atoms with Gasteiger partial charge in [0.2, 0.25) is 0 Å². The van der Waals surface area contributed by atoms with Gasteiger partial charge in [-0.15, -0.1) is 11.3 Å². The van der Waals surface area contributed by atoms with E-state index in [4.69, 9.17) is 0 Å². The van der Waals surface area contributed by atoms with Gasteiger partial charge in [-0.25, -0.2) is 8.42 Å². The minimum atomic E-state index is -3.50. The third kappa shape index (κ3) is 2.64. The minimum Gasteiger partial charge on any atom is -0.266 e. The van der Waals surface area contributed by atoms with E-state index in [-0.39, 0.29) is 0 Å². The molecule has 0 aliphatic heterocycles. The second kappa shape index (κ2) is 5.30. The molecule has 0 radical (unpaired) electrons. The summed E-state index contributed by atoms with van der Waals surface area (Å²) in [6.45, 7) is 5.97. The number of hydrogen-bond donors (Lipinski definition) is 0. The normalized spacial score (nSPS) is 11.5. The van der Waals surface area contributed by atoms with Gasteiger partial charge >= 0.3 is 0 Å². The lowest BCUT2D eigenvalue weighted by molar-refractivity contribution is 0.591. The van der Waals surface area contributed by atoms with Crippen molar-refractivity contribution in [3.8, 4) is 0 Å². The van der Waals surface area contributed by atoms with Crippen molar-refractivity contribution in [2.24, 2.45) is 0 Å². The van der Waals surface area contributed by atoms with E-state index < -0.39 is 10.0 Å². The first-order valence-electron chi connectivity index (χ1n) is 5.96. The summed E-state index contributed by atoms with van der Waals surface area (Å²) in [7, 11) is -3.50. The van der Waals surface area contributed by atoms with Gasteiger partial charge in [0, 0.05) is 28.7 Å². The standard InChI is InChI=1S/C13H16N2O2S2/c1-4-15(12-5-7-14-8-6-12)19(16,17)13-9-10(2)18-11(13)3/h5-9H,4H2,1-3H3. The maximum absolute atomic E-state index is 12.7. The average molecular weight is 296 g/mol. The van der Waals surface area contributed by atoms with E-state index in [2.05, 4.69) is 4.98 Å². The first-order valence-corrected chi connectivity index (χ1v) is 8.22. The maximum atomic E-state index is 12.7. The molecule has 6 heteroatoms. The summed E-state index contributed by atoms with van der Waals surface area (Å²) >= 11 is 1.50. The van der Waals surface area contributed by atoms with Crippen LogP contribution in [0.3, 0.4) is 0 Å². The monoisotopic (exact) mass is 296 g/mol. The van der Waals surface area contributed by atoms with Crippen molar-refractivity contribution in [3.63, 3.8) is 0 Å². The molecule has 2 rings (SSSR count). The molecule has 0 aliphatic rings. The summed E-state index contributed by atoms with van der Waals surface area (Å²) in [5.74, 6) is 0. The Morgan fingerprint density at radius 3 is 2.37 bits per heavy atom. The topological polar surface area (TPSA) is 50.3 Å². The molecule has 0 unspecified atom stereocenters. The van der Waals surface area contributed by atoms with Gasteiger partial charge < -0.3 is 0 Å². The van der Waals surface area contributed by atoms with E-state index >= 15 is 0 Å². The van der Waals surface area contributed by atoms with Crippen LogP contribution in [0, 0.1) is 13.8 Å². The van der Waals surface area contributed by atoms with Crippen LogP contribution in [0.1, 0.15) is 16.7 Å². The lowest BCUT2D eigenvalue weighted by Gasteiger charge is -2.22. The highest BCUT2D eigenvalue weighted by molar-refractivity contribution is 7.93. The van der Waals surface area contributed by atoms with Crippen LogP contribution >= 0.6 is 11.3 Å². The zero-order chi connectivity index (χ0) is 14.0. The zero-order valence-corrected chi connectivity index (χ0v) is 12.8. The third-order valence-electron chi connectivity index (χ3n) is 2.80. The van der Waals surface area contributed by atoms with Crippen molar-refractivity contribution < 1.29 is 8.42 Å². The number of sulfonamides is 1. The Kier molecular flexibility index (Phi) is 3.91. The number of pyridine rings is 1. The Labute approximate surface area is 117 Å². The number of aryl methyl sites for hydroxylation is 2. The molecule has 0 fully saturated rings. The number of hydrogen-bond acceptors (Lipinski definition) is 4. The average Bonchev–Trinajstić information content (AvgIpc) is 2.71. The van der Waals surface area contributed by atoms with Gasteiger partial charge in [0.25, 0.3) is 10.0 Å². The van der Waals surface area contributed by atoms with E-state index in [0.29, 0.717) is 17.1 Å². The second-order valence-electron chi connectivity index (χ2n) is 4.15. The summed E-state index contributed by atoms with van der Waals surface area (Å²) in [6.07, 6.45) is 3.19. The third-order valence-corrected chi connectivity index (χ3v) is 5.93. The largest absolute Gasteiger partial charge is 0.266 e. The Balaban J connectivity index is 2.51. The summed E-state index contributed by atoms with van der Waals surface area (Å²) in [6, 6.07) is 5.14. The molecule has 19 heavy (non-hydrogen) atoms. The fourth-order valence-electron chi connectivity index (χ4n) is 1.98. The van der Waals surface area contributed by atoms with Crippen LogP contribution in [0.5, 0.6) is 0 Å². The van der Waals surface area contributed by atoms with Gasteiger partial charge in [-0.3, -0.25) is 9.29 Å². The lowest BCUT2D eigenvalue weighted by atomic mass is 10.4. The molecule has 2 aromatic heterocycles. The van der Waals surface area contributed by atoms with Gasteiger partial charge in [-0.05, 0) is 39.0 Å². The van der Waals surface area contributed by atoms with Gasteiger partial charge in [-0.1, -0.05) is 0 Å². The minimum absolute atomic E-state index is 0.390. The number of rotatable bonds is 4. The molecule has 0 aliphatic carbocycles. The predicted octanol–water partition coefficient (Wildman–Crippen LogP) is 2.98. The summed E-state index contributed by atoms with van der Waals surface area (Å²) in [4.78, 5) is 6.14. The van der Waals surface area contributed by atoms with Crippen LogP contribution in [-0.2, 0) is 10.0 Å². The smallest absolute Gasteiger partial charge is 0.265 e. The quantitative estimate of drug-likeness (QED) is 0.871. The summed E-state index contributed by atoms with van der Waals surface area (Å²) < 4.78 is 26.8. The van der Waals surface area contributed by atoms with E-state index in [1.807, 2.05) is 20.8 Å². The van der Waals surface area contributed by atoms with Crippen molar-refractivity contribution >= 4 is 27.0 Å². The molecule has 0 aromatic carbocycles. The van der Waals surface area contributed by atoms with Crippen LogP contribution in [0.4, 0.5) is 5.69 Å². The molecular formula is C13H16N2O2S2. The van der Waals surface area contributed by atoms with Crippen LogP contribution in [0.25, 0.3) is 0 Å². The first kappa shape index (κ1) is 14.0. The molecule has 102 valence electrons. The van der Waals surface area contributed by atoms with Gasteiger partial charge in [0.05, 0.1) is 5.69 Å². The van der Waals surface area contributed by atoms with E-state index in [9.17, 15) is 8.42 Å². The summed E-state index contributed by atoms with van der Waals surface area (Å²) in [5.41, 5.74) is 0.640. The summed E-state index contributed by atoms with van der Waals surface area (Å²) in [5, 5.41) is 0. The first-order chi connectivity index (χ1) is 8.96. The van der Waals surface area contributed by atoms with Crippen molar-refractivity contribution in [1.82, 2.24) is 4.98 Å². The molecule has 0 N–H and O–H groups in total. The van der Waals surface area contributed by atoms with Crippen LogP contribution in [0.15, 0.2) is 35.5 Å². The molecule has 2 heterocycles. The molecule has 0 spiro atoms. The molecule has 0 bridgehead atoms. The lowest BCUT2D eigenvalue weighted by Crippen LogP contribution is -2.30. The highest BCUT2D eigenvalue weighted by Gasteiger charge is 2.26. The van der Waals surface area contributed by atoms with Crippen molar-refractivity contribution in [3.05, 3.63) is 40.3 Å². The number of nitrogens with zero attached hydrogens (tertiary/aromatic N) is 2. The second-order valence-corrected chi connectivity index (χ2v) is 7.44. The number of thiophene rings is 1. The fraction of sp³-hybridized carbons (Fsp3) is 0.308. The van der Waals surface area contributed by atoms with Crippen LogP contribution in [0.2, 0.25) is 0 Å². The van der Waals surface area contributed by atoms with Gasteiger partial charge in [-0.2, -0.15) is 0 Å². The van der Waals surface area contributed by atoms with Crippen molar-refractivity contribution in [1.29, 1.82) is 0 Å². The highest BCUT2D eigenvalue weighted by atomic mass is 32.2. The highest BCUT2D eigenvalue weighted by Crippen LogP contribution is 2.30. The molecule has 0 saturated heterocycles. The predicted molar refractivity (Wildman–Crippen MR) is 78.2 cm³/mol. The van der Waals surface area contributed by atoms with Crippen molar-refractivity contribution in [2.75, 3.05) is 10.8 Å². The number of aromatic nitrogens is 1. The van der Waals surface area contributed by atoms with E-state index in [1.165, 1.54) is 15.6 Å². The maximum Gasteiger partial charge on any atom is 0.265 e. The van der Waals surface area contributed by atoms with Crippen LogP contribution < -0.4 is 4.31 Å². The Morgan fingerprint density at radius 2 is 1.89 bits per heavy atom. The molecule has 0 saturated carbocycles. The van der Waals surface area contributed by atoms with Gasteiger partial charge in [0.1, 0.15) is 4.90 Å².